The van der Waals surface area contributed by atoms with Crippen molar-refractivity contribution in [3.63, 3.8) is 0 Å². The Kier molecular flexibility index (Phi) is 4.54. The molecule has 1 aliphatic rings. The fraction of sp³-hybridized carbons (Fsp3) is 0.846. The van der Waals surface area contributed by atoms with E-state index in [0.29, 0.717) is 6.04 Å². The third-order valence-corrected chi connectivity index (χ3v) is 3.71. The van der Waals surface area contributed by atoms with E-state index in [1.165, 1.54) is 32.1 Å². The second-order valence-corrected chi connectivity index (χ2v) is 5.15. The van der Waals surface area contributed by atoms with Gasteiger partial charge in [-0.1, -0.05) is 26.2 Å². The molecule has 1 fully saturated rings. The smallest absolute Gasteiger partial charge is 0.167 e. The molecule has 1 heterocycles. The summed E-state index contributed by atoms with van der Waals surface area (Å²) >= 11 is 0. The maximum atomic E-state index is 4.42. The van der Waals surface area contributed by atoms with Gasteiger partial charge in [0.05, 0.1) is 6.04 Å². The van der Waals surface area contributed by atoms with Crippen LogP contribution in [0.5, 0.6) is 0 Å². The zero-order valence-corrected chi connectivity index (χ0v) is 11.0. The molecule has 1 aromatic rings. The summed E-state index contributed by atoms with van der Waals surface area (Å²) in [6.07, 6.45) is 8.05. The van der Waals surface area contributed by atoms with Crippen molar-refractivity contribution in [3.05, 3.63) is 11.6 Å². The van der Waals surface area contributed by atoms with Gasteiger partial charge in [-0.2, -0.15) is 5.10 Å². The van der Waals surface area contributed by atoms with Crippen LogP contribution in [0, 0.1) is 12.8 Å². The molecular weight excluding hydrogens is 212 g/mol. The number of hydrogen-bond acceptors (Lipinski definition) is 3. The Bertz CT molecular complexity index is 328. The van der Waals surface area contributed by atoms with E-state index in [4.69, 9.17) is 0 Å². The summed E-state index contributed by atoms with van der Waals surface area (Å²) in [4.78, 5) is 4.42. The fourth-order valence-electron chi connectivity index (χ4n) is 2.63. The van der Waals surface area contributed by atoms with Crippen LogP contribution in [-0.2, 0) is 0 Å². The van der Waals surface area contributed by atoms with E-state index in [1.807, 2.05) is 6.92 Å². The molecule has 0 spiro atoms. The Hall–Kier alpha value is -0.900. The van der Waals surface area contributed by atoms with E-state index in [2.05, 4.69) is 27.4 Å². The lowest BCUT2D eigenvalue weighted by Crippen LogP contribution is -2.29. The van der Waals surface area contributed by atoms with Crippen LogP contribution in [0.4, 0.5) is 0 Å². The second-order valence-electron chi connectivity index (χ2n) is 5.15. The van der Waals surface area contributed by atoms with Crippen LogP contribution in [0.15, 0.2) is 0 Å². The Morgan fingerprint density at radius 3 is 2.71 bits per heavy atom. The van der Waals surface area contributed by atoms with Crippen LogP contribution >= 0.6 is 0 Å². The molecule has 1 atom stereocenters. The predicted octanol–water partition coefficient (Wildman–Crippen LogP) is 2.73. The van der Waals surface area contributed by atoms with Gasteiger partial charge < -0.3 is 5.32 Å². The Balaban J connectivity index is 1.82. The normalized spacial score (nSPS) is 19.4. The van der Waals surface area contributed by atoms with Gasteiger partial charge in [0.25, 0.3) is 0 Å². The minimum absolute atomic E-state index is 0.307. The predicted molar refractivity (Wildman–Crippen MR) is 68.7 cm³/mol. The molecule has 0 bridgehead atoms. The standard InChI is InChI=1S/C13H24N4/c1-3-12(13-15-10(2)16-17-13)14-9-11-7-5-4-6-8-11/h11-12,14H,3-9H2,1-2H3,(H,15,16,17)/t12-/m1/s1. The molecule has 2 N–H and O–H groups in total. The molecule has 0 aliphatic heterocycles. The van der Waals surface area contributed by atoms with Gasteiger partial charge in [-0.15, -0.1) is 0 Å². The molecule has 0 radical (unpaired) electrons. The average molecular weight is 236 g/mol. The van der Waals surface area contributed by atoms with Gasteiger partial charge in [-0.3, -0.25) is 5.10 Å². The van der Waals surface area contributed by atoms with Gasteiger partial charge in [-0.05, 0) is 38.6 Å². The second kappa shape index (κ2) is 6.15. The summed E-state index contributed by atoms with van der Waals surface area (Å²) in [7, 11) is 0. The molecule has 17 heavy (non-hydrogen) atoms. The van der Waals surface area contributed by atoms with Crippen molar-refractivity contribution in [3.8, 4) is 0 Å². The summed E-state index contributed by atoms with van der Waals surface area (Å²) in [6, 6.07) is 0.307. The molecule has 4 heteroatoms. The highest BCUT2D eigenvalue weighted by atomic mass is 15.2. The lowest BCUT2D eigenvalue weighted by molar-refractivity contribution is 0.323. The van der Waals surface area contributed by atoms with Crippen molar-refractivity contribution >= 4 is 0 Å². The number of aromatic amines is 1. The molecule has 4 nitrogen and oxygen atoms in total. The summed E-state index contributed by atoms with van der Waals surface area (Å²) in [5.74, 6) is 2.68. The summed E-state index contributed by atoms with van der Waals surface area (Å²) in [6.45, 7) is 5.25. The summed E-state index contributed by atoms with van der Waals surface area (Å²) < 4.78 is 0. The molecule has 1 aliphatic carbocycles. The van der Waals surface area contributed by atoms with Crippen LogP contribution in [0.1, 0.15) is 63.1 Å². The highest BCUT2D eigenvalue weighted by Crippen LogP contribution is 2.23. The number of nitrogens with zero attached hydrogens (tertiary/aromatic N) is 2. The van der Waals surface area contributed by atoms with Crippen molar-refractivity contribution in [1.29, 1.82) is 0 Å². The van der Waals surface area contributed by atoms with E-state index in [0.717, 1.165) is 30.5 Å². The number of nitrogens with one attached hydrogen (secondary N) is 2. The van der Waals surface area contributed by atoms with Crippen LogP contribution in [0.25, 0.3) is 0 Å². The van der Waals surface area contributed by atoms with Crippen molar-refractivity contribution in [1.82, 2.24) is 20.5 Å². The Labute approximate surface area is 104 Å². The van der Waals surface area contributed by atoms with Crippen molar-refractivity contribution in [2.75, 3.05) is 6.54 Å². The van der Waals surface area contributed by atoms with E-state index in [-0.39, 0.29) is 0 Å². The van der Waals surface area contributed by atoms with E-state index >= 15 is 0 Å². The first-order valence-electron chi connectivity index (χ1n) is 6.92. The number of H-pyrrole nitrogens is 1. The van der Waals surface area contributed by atoms with Crippen LogP contribution in [0.2, 0.25) is 0 Å². The molecule has 2 rings (SSSR count). The third-order valence-electron chi connectivity index (χ3n) is 3.71. The van der Waals surface area contributed by atoms with Crippen molar-refractivity contribution < 1.29 is 0 Å². The summed E-state index contributed by atoms with van der Waals surface area (Å²) in [5.41, 5.74) is 0. The first-order valence-corrected chi connectivity index (χ1v) is 6.92. The highest BCUT2D eigenvalue weighted by Gasteiger charge is 2.17. The minimum Gasteiger partial charge on any atom is -0.307 e. The number of rotatable bonds is 5. The van der Waals surface area contributed by atoms with Gasteiger partial charge in [-0.25, -0.2) is 4.98 Å². The van der Waals surface area contributed by atoms with Crippen LogP contribution < -0.4 is 5.32 Å². The quantitative estimate of drug-likeness (QED) is 0.826. The Morgan fingerprint density at radius 2 is 2.12 bits per heavy atom. The largest absolute Gasteiger partial charge is 0.307 e. The zero-order chi connectivity index (χ0) is 12.1. The molecular formula is C13H24N4. The van der Waals surface area contributed by atoms with Gasteiger partial charge in [0.1, 0.15) is 5.82 Å². The number of aryl methyl sites for hydroxylation is 1. The number of aromatic nitrogens is 3. The lowest BCUT2D eigenvalue weighted by atomic mass is 9.89. The fourth-order valence-corrected chi connectivity index (χ4v) is 2.63. The van der Waals surface area contributed by atoms with Gasteiger partial charge >= 0.3 is 0 Å². The van der Waals surface area contributed by atoms with Gasteiger partial charge in [0, 0.05) is 0 Å². The monoisotopic (exact) mass is 236 g/mol. The summed E-state index contributed by atoms with van der Waals surface area (Å²) in [5, 5.41) is 10.8. The molecule has 0 saturated heterocycles. The first-order chi connectivity index (χ1) is 8.29. The maximum absolute atomic E-state index is 4.42. The van der Waals surface area contributed by atoms with E-state index < -0.39 is 0 Å². The Morgan fingerprint density at radius 1 is 1.35 bits per heavy atom. The SMILES string of the molecule is CC[C@@H](NCC1CCCCC1)c1n[nH]c(C)n1. The lowest BCUT2D eigenvalue weighted by Gasteiger charge is -2.24. The maximum Gasteiger partial charge on any atom is 0.167 e. The van der Waals surface area contributed by atoms with Crippen molar-refractivity contribution in [2.24, 2.45) is 5.92 Å². The van der Waals surface area contributed by atoms with Gasteiger partial charge in [0.2, 0.25) is 0 Å². The minimum atomic E-state index is 0.307. The van der Waals surface area contributed by atoms with Crippen LogP contribution in [-0.4, -0.2) is 21.7 Å². The zero-order valence-electron chi connectivity index (χ0n) is 11.0. The highest BCUT2D eigenvalue weighted by molar-refractivity contribution is 4.95. The average Bonchev–Trinajstić information content (AvgIpc) is 2.78. The molecule has 96 valence electrons. The topological polar surface area (TPSA) is 53.6 Å². The molecule has 0 amide bonds. The van der Waals surface area contributed by atoms with E-state index in [1.54, 1.807) is 0 Å². The van der Waals surface area contributed by atoms with Gasteiger partial charge in [0.15, 0.2) is 5.82 Å². The first kappa shape index (κ1) is 12.6. The van der Waals surface area contributed by atoms with E-state index in [9.17, 15) is 0 Å². The number of hydrogen-bond donors (Lipinski definition) is 2. The van der Waals surface area contributed by atoms with Crippen molar-refractivity contribution in [2.45, 2.75) is 58.4 Å². The molecule has 0 aromatic carbocycles. The molecule has 1 aromatic heterocycles. The van der Waals surface area contributed by atoms with Crippen LogP contribution in [0.3, 0.4) is 0 Å². The molecule has 0 unspecified atom stereocenters. The molecule has 1 saturated carbocycles. The third kappa shape index (κ3) is 3.53.